The van der Waals surface area contributed by atoms with Crippen molar-refractivity contribution in [2.24, 2.45) is 5.92 Å². The van der Waals surface area contributed by atoms with E-state index in [4.69, 9.17) is 0 Å². The molecule has 0 aromatic heterocycles. The van der Waals surface area contributed by atoms with Crippen molar-refractivity contribution in [3.8, 4) is 0 Å². The molecule has 0 aromatic carbocycles. The molecule has 0 aliphatic carbocycles. The Hall–Kier alpha value is -0.0800. The van der Waals surface area contributed by atoms with E-state index in [2.05, 4.69) is 31.1 Å². The molecule has 0 aliphatic heterocycles. The van der Waals surface area contributed by atoms with E-state index in [0.717, 1.165) is 12.6 Å². The Morgan fingerprint density at radius 3 is 2.45 bits per heavy atom. The van der Waals surface area contributed by atoms with Gasteiger partial charge in [0.1, 0.15) is 0 Å². The number of hydrogen-bond donors (Lipinski definition) is 1. The van der Waals surface area contributed by atoms with Gasteiger partial charge in [0.05, 0.1) is 0 Å². The highest BCUT2D eigenvalue weighted by molar-refractivity contribution is 4.51. The summed E-state index contributed by atoms with van der Waals surface area (Å²) < 4.78 is 0. The molecule has 0 saturated heterocycles. The zero-order chi connectivity index (χ0) is 8.69. The summed E-state index contributed by atoms with van der Waals surface area (Å²) in [5, 5.41) is 3.13. The lowest BCUT2D eigenvalue weighted by molar-refractivity contribution is 0.303. The van der Waals surface area contributed by atoms with Gasteiger partial charge in [0, 0.05) is 6.67 Å². The molecule has 2 heteroatoms. The normalized spacial score (nSPS) is 11.5. The van der Waals surface area contributed by atoms with Gasteiger partial charge in [-0.15, -0.1) is 0 Å². The van der Waals surface area contributed by atoms with E-state index in [9.17, 15) is 0 Å². The molecular weight excluding hydrogens is 136 g/mol. The molecule has 0 heterocycles. The standard InChI is InChI=1S/C9H22N2/c1-9(2)6-5-7-11(4)8-10-3/h9-10H,5-8H2,1-4H3. The summed E-state index contributed by atoms with van der Waals surface area (Å²) in [6.07, 6.45) is 2.66. The molecule has 11 heavy (non-hydrogen) atoms. The van der Waals surface area contributed by atoms with Crippen molar-refractivity contribution < 1.29 is 0 Å². The minimum absolute atomic E-state index is 0.845. The lowest BCUT2D eigenvalue weighted by Crippen LogP contribution is -2.29. The average molecular weight is 158 g/mol. The van der Waals surface area contributed by atoms with Gasteiger partial charge in [0.25, 0.3) is 0 Å². The highest BCUT2D eigenvalue weighted by Gasteiger charge is 1.97. The number of hydrogen-bond acceptors (Lipinski definition) is 2. The number of rotatable bonds is 6. The van der Waals surface area contributed by atoms with E-state index in [1.54, 1.807) is 0 Å². The first-order chi connectivity index (χ1) is 5.16. The van der Waals surface area contributed by atoms with Gasteiger partial charge in [0.2, 0.25) is 0 Å². The second-order valence-electron chi connectivity index (χ2n) is 3.63. The van der Waals surface area contributed by atoms with Gasteiger partial charge in [-0.3, -0.25) is 4.90 Å². The van der Waals surface area contributed by atoms with E-state index in [1.165, 1.54) is 19.4 Å². The molecule has 0 spiro atoms. The summed E-state index contributed by atoms with van der Waals surface area (Å²) in [6, 6.07) is 0. The van der Waals surface area contributed by atoms with Gasteiger partial charge in [0.15, 0.2) is 0 Å². The number of nitrogens with zero attached hydrogens (tertiary/aromatic N) is 1. The average Bonchev–Trinajstić information content (AvgIpc) is 1.87. The third-order valence-electron chi connectivity index (χ3n) is 1.75. The molecule has 0 saturated carbocycles. The summed E-state index contributed by atoms with van der Waals surface area (Å²) in [5.74, 6) is 0.845. The van der Waals surface area contributed by atoms with E-state index < -0.39 is 0 Å². The molecule has 0 unspecified atom stereocenters. The predicted molar refractivity (Wildman–Crippen MR) is 50.6 cm³/mol. The first-order valence-electron chi connectivity index (χ1n) is 4.50. The Balaban J connectivity index is 3.10. The van der Waals surface area contributed by atoms with Gasteiger partial charge in [-0.2, -0.15) is 0 Å². The lowest BCUT2D eigenvalue weighted by Gasteiger charge is -2.15. The highest BCUT2D eigenvalue weighted by Crippen LogP contribution is 2.03. The van der Waals surface area contributed by atoms with Crippen molar-refractivity contribution in [1.82, 2.24) is 10.2 Å². The van der Waals surface area contributed by atoms with E-state index in [1.807, 2.05) is 7.05 Å². The summed E-state index contributed by atoms with van der Waals surface area (Å²) in [5.41, 5.74) is 0. The van der Waals surface area contributed by atoms with Gasteiger partial charge < -0.3 is 5.32 Å². The first kappa shape index (κ1) is 10.9. The molecular formula is C9H22N2. The van der Waals surface area contributed by atoms with Gasteiger partial charge in [-0.1, -0.05) is 13.8 Å². The topological polar surface area (TPSA) is 15.3 Å². The van der Waals surface area contributed by atoms with Crippen LogP contribution in [0.1, 0.15) is 26.7 Å². The minimum atomic E-state index is 0.845. The molecule has 1 N–H and O–H groups in total. The van der Waals surface area contributed by atoms with Crippen molar-refractivity contribution in [3.05, 3.63) is 0 Å². The van der Waals surface area contributed by atoms with Crippen LogP contribution < -0.4 is 5.32 Å². The third-order valence-corrected chi connectivity index (χ3v) is 1.75. The highest BCUT2D eigenvalue weighted by atomic mass is 15.2. The second-order valence-corrected chi connectivity index (χ2v) is 3.63. The van der Waals surface area contributed by atoms with Crippen LogP contribution in [0, 0.1) is 5.92 Å². The van der Waals surface area contributed by atoms with Crippen molar-refractivity contribution in [3.63, 3.8) is 0 Å². The molecule has 0 aromatic rings. The van der Waals surface area contributed by atoms with Gasteiger partial charge in [-0.05, 0) is 39.4 Å². The van der Waals surface area contributed by atoms with Crippen LogP contribution in [0.4, 0.5) is 0 Å². The molecule has 0 rings (SSSR count). The molecule has 2 nitrogen and oxygen atoms in total. The first-order valence-corrected chi connectivity index (χ1v) is 4.50. The van der Waals surface area contributed by atoms with Gasteiger partial charge >= 0.3 is 0 Å². The maximum Gasteiger partial charge on any atom is 0.0475 e. The maximum absolute atomic E-state index is 3.13. The van der Waals surface area contributed by atoms with E-state index in [-0.39, 0.29) is 0 Å². The fourth-order valence-electron chi connectivity index (χ4n) is 1.12. The van der Waals surface area contributed by atoms with Crippen LogP contribution in [-0.2, 0) is 0 Å². The zero-order valence-corrected chi connectivity index (χ0v) is 8.35. The summed E-state index contributed by atoms with van der Waals surface area (Å²) in [4.78, 5) is 2.31. The third kappa shape index (κ3) is 7.82. The second kappa shape index (κ2) is 6.62. The molecule has 0 radical (unpaired) electrons. The van der Waals surface area contributed by atoms with Crippen LogP contribution in [0.3, 0.4) is 0 Å². The van der Waals surface area contributed by atoms with Crippen LogP contribution in [0.2, 0.25) is 0 Å². The van der Waals surface area contributed by atoms with Crippen molar-refractivity contribution in [1.29, 1.82) is 0 Å². The Kier molecular flexibility index (Phi) is 6.57. The van der Waals surface area contributed by atoms with E-state index >= 15 is 0 Å². The summed E-state index contributed by atoms with van der Waals surface area (Å²) >= 11 is 0. The maximum atomic E-state index is 3.13. The van der Waals surface area contributed by atoms with Gasteiger partial charge in [-0.25, -0.2) is 0 Å². The van der Waals surface area contributed by atoms with Crippen LogP contribution in [0.25, 0.3) is 0 Å². The van der Waals surface area contributed by atoms with Crippen molar-refractivity contribution >= 4 is 0 Å². The van der Waals surface area contributed by atoms with Crippen molar-refractivity contribution in [2.45, 2.75) is 26.7 Å². The molecule has 0 bridgehead atoms. The van der Waals surface area contributed by atoms with Crippen LogP contribution in [0.5, 0.6) is 0 Å². The predicted octanol–water partition coefficient (Wildman–Crippen LogP) is 1.53. The van der Waals surface area contributed by atoms with Crippen LogP contribution >= 0.6 is 0 Å². The monoisotopic (exact) mass is 158 g/mol. The van der Waals surface area contributed by atoms with Crippen molar-refractivity contribution in [2.75, 3.05) is 27.3 Å². The molecule has 0 aliphatic rings. The Labute approximate surface area is 71.0 Å². The van der Waals surface area contributed by atoms with E-state index in [0.29, 0.717) is 0 Å². The van der Waals surface area contributed by atoms with Crippen LogP contribution in [-0.4, -0.2) is 32.2 Å². The lowest BCUT2D eigenvalue weighted by atomic mass is 10.1. The largest absolute Gasteiger partial charge is 0.307 e. The summed E-state index contributed by atoms with van der Waals surface area (Å²) in [6.45, 7) is 6.76. The Morgan fingerprint density at radius 2 is 2.00 bits per heavy atom. The Morgan fingerprint density at radius 1 is 1.36 bits per heavy atom. The minimum Gasteiger partial charge on any atom is -0.307 e. The smallest absolute Gasteiger partial charge is 0.0475 e. The molecule has 68 valence electrons. The number of nitrogens with one attached hydrogen (secondary N) is 1. The molecule has 0 amide bonds. The summed E-state index contributed by atoms with van der Waals surface area (Å²) in [7, 11) is 4.13. The SMILES string of the molecule is CNCN(C)CCCC(C)C. The molecule has 0 fully saturated rings. The zero-order valence-electron chi connectivity index (χ0n) is 8.35. The fraction of sp³-hybridized carbons (Fsp3) is 1.00. The molecule has 0 atom stereocenters. The quantitative estimate of drug-likeness (QED) is 0.590. The fourth-order valence-corrected chi connectivity index (χ4v) is 1.12. The van der Waals surface area contributed by atoms with Crippen LogP contribution in [0.15, 0.2) is 0 Å². The Bertz CT molecular complexity index is 81.6.